The second kappa shape index (κ2) is 6.37. The van der Waals surface area contributed by atoms with Crippen molar-refractivity contribution in [1.82, 2.24) is 9.97 Å². The van der Waals surface area contributed by atoms with Crippen molar-refractivity contribution in [1.29, 1.82) is 0 Å². The molecule has 0 spiro atoms. The maximum absolute atomic E-state index is 5.83. The van der Waals surface area contributed by atoms with Crippen LogP contribution in [0, 0.1) is 0 Å². The minimum absolute atomic E-state index is 0.150. The number of thioether (sulfide) groups is 1. The van der Waals surface area contributed by atoms with E-state index in [1.807, 2.05) is 24.3 Å². The minimum Gasteiger partial charge on any atom is -0.497 e. The Morgan fingerprint density at radius 1 is 1.39 bits per heavy atom. The maximum Gasteiger partial charge on any atom is 0.119 e. The van der Waals surface area contributed by atoms with Gasteiger partial charge in [0, 0.05) is 24.2 Å². The summed E-state index contributed by atoms with van der Waals surface area (Å²) >= 11 is 1.61. The molecule has 4 nitrogen and oxygen atoms in total. The van der Waals surface area contributed by atoms with Crippen LogP contribution in [0.15, 0.2) is 47.9 Å². The van der Waals surface area contributed by atoms with Crippen LogP contribution in [-0.4, -0.2) is 23.6 Å². The second-order valence-electron chi connectivity index (χ2n) is 3.66. The molecule has 0 saturated heterocycles. The Morgan fingerprint density at radius 2 is 2.28 bits per heavy atom. The van der Waals surface area contributed by atoms with Gasteiger partial charge in [-0.05, 0) is 17.7 Å². The van der Waals surface area contributed by atoms with E-state index in [2.05, 4.69) is 9.97 Å². The lowest BCUT2D eigenvalue weighted by atomic mass is 10.1. The van der Waals surface area contributed by atoms with E-state index < -0.39 is 0 Å². The smallest absolute Gasteiger partial charge is 0.119 e. The number of hydrogen-bond donors (Lipinski definition) is 1. The van der Waals surface area contributed by atoms with Gasteiger partial charge in [0.25, 0.3) is 0 Å². The SMILES string of the molecule is COc1cccc(C(CN)Sc2cnccn2)c1. The van der Waals surface area contributed by atoms with Crippen LogP contribution < -0.4 is 10.5 Å². The van der Waals surface area contributed by atoms with E-state index in [4.69, 9.17) is 10.5 Å². The number of hydrogen-bond acceptors (Lipinski definition) is 5. The Hall–Kier alpha value is -1.59. The van der Waals surface area contributed by atoms with E-state index >= 15 is 0 Å². The lowest BCUT2D eigenvalue weighted by Gasteiger charge is -2.14. The predicted molar refractivity (Wildman–Crippen MR) is 72.7 cm³/mol. The van der Waals surface area contributed by atoms with Gasteiger partial charge in [0.05, 0.1) is 13.3 Å². The van der Waals surface area contributed by atoms with Crippen molar-refractivity contribution in [3.63, 3.8) is 0 Å². The Labute approximate surface area is 111 Å². The zero-order chi connectivity index (χ0) is 12.8. The Bertz CT molecular complexity index is 493. The fraction of sp³-hybridized carbons (Fsp3) is 0.231. The van der Waals surface area contributed by atoms with Crippen LogP contribution in [0.2, 0.25) is 0 Å². The molecule has 0 aliphatic carbocycles. The number of benzene rings is 1. The zero-order valence-electron chi connectivity index (χ0n) is 10.1. The number of ether oxygens (including phenoxy) is 1. The molecule has 94 valence electrons. The standard InChI is InChI=1S/C13H15N3OS/c1-17-11-4-2-3-10(7-11)12(8-14)18-13-9-15-5-6-16-13/h2-7,9,12H,8,14H2,1H3. The van der Waals surface area contributed by atoms with Crippen molar-refractivity contribution in [3.8, 4) is 5.75 Å². The number of rotatable bonds is 5. The molecule has 0 aliphatic rings. The van der Waals surface area contributed by atoms with Gasteiger partial charge in [0.1, 0.15) is 10.8 Å². The average molecular weight is 261 g/mol. The summed E-state index contributed by atoms with van der Waals surface area (Å²) in [5, 5.41) is 1.02. The molecule has 0 radical (unpaired) electrons. The highest BCUT2D eigenvalue weighted by Crippen LogP contribution is 2.34. The monoisotopic (exact) mass is 261 g/mol. The molecule has 1 heterocycles. The zero-order valence-corrected chi connectivity index (χ0v) is 10.9. The van der Waals surface area contributed by atoms with E-state index in [0.29, 0.717) is 6.54 Å². The van der Waals surface area contributed by atoms with Crippen molar-refractivity contribution in [2.45, 2.75) is 10.3 Å². The van der Waals surface area contributed by atoms with Gasteiger partial charge in [-0.15, -0.1) is 0 Å². The van der Waals surface area contributed by atoms with Crippen molar-refractivity contribution in [2.24, 2.45) is 5.73 Å². The van der Waals surface area contributed by atoms with Crippen molar-refractivity contribution < 1.29 is 4.74 Å². The number of nitrogens with two attached hydrogens (primary N) is 1. The van der Waals surface area contributed by atoms with Crippen molar-refractivity contribution in [2.75, 3.05) is 13.7 Å². The molecule has 1 aromatic carbocycles. The quantitative estimate of drug-likeness (QED) is 0.837. The fourth-order valence-electron chi connectivity index (χ4n) is 1.59. The van der Waals surface area contributed by atoms with Gasteiger partial charge in [-0.25, -0.2) is 4.98 Å². The summed E-state index contributed by atoms with van der Waals surface area (Å²) in [6, 6.07) is 7.93. The molecule has 1 aromatic heterocycles. The van der Waals surface area contributed by atoms with Crippen molar-refractivity contribution in [3.05, 3.63) is 48.4 Å². The van der Waals surface area contributed by atoms with E-state index in [0.717, 1.165) is 16.3 Å². The van der Waals surface area contributed by atoms with Crippen LogP contribution >= 0.6 is 11.8 Å². The molecule has 0 amide bonds. The van der Waals surface area contributed by atoms with Gasteiger partial charge < -0.3 is 10.5 Å². The maximum atomic E-state index is 5.83. The van der Waals surface area contributed by atoms with Crippen molar-refractivity contribution >= 4 is 11.8 Å². The van der Waals surface area contributed by atoms with Crippen LogP contribution in [0.5, 0.6) is 5.75 Å². The summed E-state index contributed by atoms with van der Waals surface area (Å²) in [6.45, 7) is 0.536. The van der Waals surface area contributed by atoms with Crippen LogP contribution in [0.3, 0.4) is 0 Å². The first-order valence-corrected chi connectivity index (χ1v) is 6.48. The topological polar surface area (TPSA) is 61.0 Å². The first-order chi connectivity index (χ1) is 8.83. The number of methoxy groups -OCH3 is 1. The molecule has 0 fully saturated rings. The molecule has 2 N–H and O–H groups in total. The largest absolute Gasteiger partial charge is 0.497 e. The second-order valence-corrected chi connectivity index (χ2v) is 4.89. The fourth-order valence-corrected chi connectivity index (χ4v) is 2.50. The predicted octanol–water partition coefficient (Wildman–Crippen LogP) is 2.28. The normalized spacial score (nSPS) is 12.1. The Morgan fingerprint density at radius 3 is 2.94 bits per heavy atom. The van der Waals surface area contributed by atoms with Crippen LogP contribution in [0.25, 0.3) is 0 Å². The van der Waals surface area contributed by atoms with E-state index in [1.54, 1.807) is 37.5 Å². The van der Waals surface area contributed by atoms with Gasteiger partial charge in [-0.3, -0.25) is 4.98 Å². The third-order valence-electron chi connectivity index (χ3n) is 2.48. The van der Waals surface area contributed by atoms with Gasteiger partial charge in [-0.2, -0.15) is 0 Å². The van der Waals surface area contributed by atoms with Gasteiger partial charge in [-0.1, -0.05) is 23.9 Å². The highest BCUT2D eigenvalue weighted by atomic mass is 32.2. The molecular formula is C13H15N3OS. The summed E-state index contributed by atoms with van der Waals surface area (Å²) in [5.74, 6) is 0.839. The molecule has 0 aliphatic heterocycles. The van der Waals surface area contributed by atoms with Gasteiger partial charge in [0.2, 0.25) is 0 Å². The highest BCUT2D eigenvalue weighted by molar-refractivity contribution is 7.99. The molecule has 2 rings (SSSR count). The highest BCUT2D eigenvalue weighted by Gasteiger charge is 2.12. The van der Waals surface area contributed by atoms with Gasteiger partial charge in [0.15, 0.2) is 0 Å². The Balaban J connectivity index is 2.17. The molecule has 5 heteroatoms. The first kappa shape index (κ1) is 12.9. The molecule has 18 heavy (non-hydrogen) atoms. The summed E-state index contributed by atoms with van der Waals surface area (Å²) < 4.78 is 5.22. The summed E-state index contributed by atoms with van der Waals surface area (Å²) in [7, 11) is 1.66. The molecular weight excluding hydrogens is 246 g/mol. The van der Waals surface area contributed by atoms with E-state index in [9.17, 15) is 0 Å². The first-order valence-electron chi connectivity index (χ1n) is 5.60. The third kappa shape index (κ3) is 3.21. The summed E-state index contributed by atoms with van der Waals surface area (Å²) in [6.07, 6.45) is 5.09. The molecule has 0 saturated carbocycles. The van der Waals surface area contributed by atoms with E-state index in [1.165, 1.54) is 0 Å². The molecule has 0 bridgehead atoms. The third-order valence-corrected chi connectivity index (χ3v) is 3.68. The van der Waals surface area contributed by atoms with Crippen LogP contribution in [0.4, 0.5) is 0 Å². The molecule has 1 unspecified atom stereocenters. The van der Waals surface area contributed by atoms with E-state index in [-0.39, 0.29) is 5.25 Å². The summed E-state index contributed by atoms with van der Waals surface area (Å²) in [5.41, 5.74) is 6.97. The molecule has 2 aromatic rings. The average Bonchev–Trinajstić information content (AvgIpc) is 2.46. The molecule has 1 atom stereocenters. The number of nitrogens with zero attached hydrogens (tertiary/aromatic N) is 2. The Kier molecular flexibility index (Phi) is 4.55. The minimum atomic E-state index is 0.150. The number of aromatic nitrogens is 2. The lowest BCUT2D eigenvalue weighted by Crippen LogP contribution is -2.09. The van der Waals surface area contributed by atoms with Crippen LogP contribution in [-0.2, 0) is 0 Å². The van der Waals surface area contributed by atoms with Crippen LogP contribution in [0.1, 0.15) is 10.8 Å². The lowest BCUT2D eigenvalue weighted by molar-refractivity contribution is 0.414. The van der Waals surface area contributed by atoms with Gasteiger partial charge >= 0.3 is 0 Å². The summed E-state index contributed by atoms with van der Waals surface area (Å²) in [4.78, 5) is 8.30.